The molecule has 0 aliphatic carbocycles. The lowest BCUT2D eigenvalue weighted by molar-refractivity contribution is 0.619. The molecule has 0 spiro atoms. The Bertz CT molecular complexity index is 909. The molecule has 0 saturated carbocycles. The van der Waals surface area contributed by atoms with Crippen LogP contribution in [0.2, 0.25) is 0 Å². The van der Waals surface area contributed by atoms with E-state index in [0.717, 1.165) is 44.3 Å². The van der Waals surface area contributed by atoms with Crippen LogP contribution < -0.4 is 10.6 Å². The number of aromatic nitrogens is 3. The predicted octanol–water partition coefficient (Wildman–Crippen LogP) is 3.70. The van der Waals surface area contributed by atoms with Crippen molar-refractivity contribution in [3.8, 4) is 0 Å². The Kier molecular flexibility index (Phi) is 7.00. The van der Waals surface area contributed by atoms with Crippen LogP contribution in [0.15, 0.2) is 53.8 Å². The van der Waals surface area contributed by atoms with E-state index in [1.54, 1.807) is 6.33 Å². The highest BCUT2D eigenvalue weighted by molar-refractivity contribution is 5.87. The Balaban J connectivity index is 1.68. The maximum Gasteiger partial charge on any atom is 0.191 e. The fourth-order valence-corrected chi connectivity index (χ4v) is 3.32. The molecule has 2 aromatic carbocycles. The normalized spacial score (nSPS) is 12.9. The van der Waals surface area contributed by atoms with Gasteiger partial charge < -0.3 is 15.2 Å². The van der Waals surface area contributed by atoms with Crippen LogP contribution in [0, 0.1) is 0 Å². The lowest BCUT2D eigenvalue weighted by Crippen LogP contribution is -2.40. The first-order valence-corrected chi connectivity index (χ1v) is 10.1. The lowest BCUT2D eigenvalue weighted by Gasteiger charge is -2.20. The number of guanidine groups is 1. The number of aryl methyl sites for hydroxylation is 1. The molecule has 0 saturated heterocycles. The van der Waals surface area contributed by atoms with Crippen molar-refractivity contribution in [1.82, 2.24) is 25.4 Å². The topological polar surface area (TPSA) is 67.1 Å². The number of rotatable bonds is 8. The smallest absolute Gasteiger partial charge is 0.191 e. The van der Waals surface area contributed by atoms with Gasteiger partial charge in [-0.05, 0) is 29.7 Å². The third-order valence-electron chi connectivity index (χ3n) is 4.79. The van der Waals surface area contributed by atoms with Crippen LogP contribution in [0.25, 0.3) is 10.8 Å². The van der Waals surface area contributed by atoms with E-state index in [1.807, 2.05) is 0 Å². The average Bonchev–Trinajstić information content (AvgIpc) is 3.18. The standard InChI is InChI=1S/C22H30N6/c1-4-13-23-22(24-14-15-28-16-25-27-21(28)5-2)26-17(3)19-12-8-10-18-9-6-7-11-20(18)19/h6-12,16-17H,4-5,13-15H2,1-3H3,(H2,23,24,26). The van der Waals surface area contributed by atoms with Crippen LogP contribution >= 0.6 is 0 Å². The van der Waals surface area contributed by atoms with Gasteiger partial charge in [0.15, 0.2) is 5.96 Å². The number of fused-ring (bicyclic) bond motifs is 1. The van der Waals surface area contributed by atoms with Crippen molar-refractivity contribution in [3.63, 3.8) is 0 Å². The molecular formula is C22H30N6. The van der Waals surface area contributed by atoms with E-state index in [-0.39, 0.29) is 6.04 Å². The summed E-state index contributed by atoms with van der Waals surface area (Å²) in [5, 5.41) is 17.7. The van der Waals surface area contributed by atoms with Crippen molar-refractivity contribution in [2.24, 2.45) is 4.99 Å². The molecule has 1 aromatic heterocycles. The summed E-state index contributed by atoms with van der Waals surface area (Å²) in [6.45, 7) is 8.79. The van der Waals surface area contributed by atoms with Gasteiger partial charge in [-0.3, -0.25) is 4.99 Å². The average molecular weight is 379 g/mol. The molecule has 28 heavy (non-hydrogen) atoms. The predicted molar refractivity (Wildman–Crippen MR) is 115 cm³/mol. The summed E-state index contributed by atoms with van der Waals surface area (Å²) in [6.07, 6.45) is 3.68. The van der Waals surface area contributed by atoms with E-state index >= 15 is 0 Å². The zero-order valence-corrected chi connectivity index (χ0v) is 17.0. The molecule has 6 heteroatoms. The van der Waals surface area contributed by atoms with E-state index in [9.17, 15) is 0 Å². The van der Waals surface area contributed by atoms with Crippen LogP contribution in [0.3, 0.4) is 0 Å². The molecule has 1 heterocycles. The number of hydrogen-bond donors (Lipinski definition) is 2. The zero-order valence-electron chi connectivity index (χ0n) is 17.0. The summed E-state index contributed by atoms with van der Waals surface area (Å²) < 4.78 is 2.08. The second-order valence-electron chi connectivity index (χ2n) is 6.89. The summed E-state index contributed by atoms with van der Waals surface area (Å²) in [5.74, 6) is 1.85. The second-order valence-corrected chi connectivity index (χ2v) is 6.89. The van der Waals surface area contributed by atoms with Gasteiger partial charge in [-0.2, -0.15) is 0 Å². The minimum atomic E-state index is 0.148. The van der Waals surface area contributed by atoms with Crippen LogP contribution in [0.5, 0.6) is 0 Å². The van der Waals surface area contributed by atoms with Crippen LogP contribution in [0.4, 0.5) is 0 Å². The summed E-state index contributed by atoms with van der Waals surface area (Å²) in [7, 11) is 0. The Morgan fingerprint density at radius 2 is 1.96 bits per heavy atom. The fraction of sp³-hybridized carbons (Fsp3) is 0.409. The van der Waals surface area contributed by atoms with E-state index < -0.39 is 0 Å². The SMILES string of the molecule is CCCN=C(NCCn1cnnc1CC)NC(C)c1cccc2ccccc12. The first-order chi connectivity index (χ1) is 13.7. The van der Waals surface area contributed by atoms with Gasteiger partial charge in [-0.25, -0.2) is 0 Å². The van der Waals surface area contributed by atoms with Gasteiger partial charge in [0, 0.05) is 26.1 Å². The second kappa shape index (κ2) is 9.88. The van der Waals surface area contributed by atoms with Gasteiger partial charge in [0.05, 0.1) is 6.04 Å². The quantitative estimate of drug-likeness (QED) is 0.463. The molecular weight excluding hydrogens is 348 g/mol. The Morgan fingerprint density at radius 3 is 2.79 bits per heavy atom. The van der Waals surface area contributed by atoms with Gasteiger partial charge in [-0.15, -0.1) is 10.2 Å². The number of benzene rings is 2. The van der Waals surface area contributed by atoms with E-state index in [0.29, 0.717) is 0 Å². The Morgan fingerprint density at radius 1 is 1.14 bits per heavy atom. The third kappa shape index (κ3) is 4.88. The summed E-state index contributed by atoms with van der Waals surface area (Å²) in [5.41, 5.74) is 1.27. The van der Waals surface area contributed by atoms with E-state index in [2.05, 4.69) is 88.6 Å². The maximum absolute atomic E-state index is 4.70. The molecule has 0 fully saturated rings. The largest absolute Gasteiger partial charge is 0.355 e. The molecule has 0 radical (unpaired) electrons. The number of nitrogens with one attached hydrogen (secondary N) is 2. The van der Waals surface area contributed by atoms with Crippen molar-refractivity contribution in [2.45, 2.75) is 46.2 Å². The van der Waals surface area contributed by atoms with Crippen LogP contribution in [0.1, 0.15) is 44.6 Å². The molecule has 3 aromatic rings. The Hall–Kier alpha value is -2.89. The molecule has 6 nitrogen and oxygen atoms in total. The van der Waals surface area contributed by atoms with Crippen molar-refractivity contribution in [2.75, 3.05) is 13.1 Å². The number of nitrogens with zero attached hydrogens (tertiary/aromatic N) is 4. The minimum absolute atomic E-state index is 0.148. The maximum atomic E-state index is 4.70. The highest BCUT2D eigenvalue weighted by atomic mass is 15.3. The van der Waals surface area contributed by atoms with Crippen LogP contribution in [-0.2, 0) is 13.0 Å². The molecule has 1 atom stereocenters. The van der Waals surface area contributed by atoms with Gasteiger partial charge in [0.25, 0.3) is 0 Å². The molecule has 3 rings (SSSR count). The lowest BCUT2D eigenvalue weighted by atomic mass is 10.00. The third-order valence-corrected chi connectivity index (χ3v) is 4.79. The van der Waals surface area contributed by atoms with Crippen molar-refractivity contribution < 1.29 is 0 Å². The van der Waals surface area contributed by atoms with Crippen molar-refractivity contribution >= 4 is 16.7 Å². The highest BCUT2D eigenvalue weighted by Gasteiger charge is 2.11. The van der Waals surface area contributed by atoms with Gasteiger partial charge in [-0.1, -0.05) is 56.3 Å². The summed E-state index contributed by atoms with van der Waals surface area (Å²) >= 11 is 0. The zero-order chi connectivity index (χ0) is 19.8. The highest BCUT2D eigenvalue weighted by Crippen LogP contribution is 2.23. The number of aliphatic imine (C=N–C) groups is 1. The summed E-state index contributed by atoms with van der Waals surface area (Å²) in [4.78, 5) is 4.70. The van der Waals surface area contributed by atoms with Gasteiger partial charge in [0.1, 0.15) is 12.2 Å². The first-order valence-electron chi connectivity index (χ1n) is 10.1. The molecule has 148 valence electrons. The van der Waals surface area contributed by atoms with Crippen LogP contribution in [-0.4, -0.2) is 33.8 Å². The van der Waals surface area contributed by atoms with Gasteiger partial charge >= 0.3 is 0 Å². The molecule has 1 unspecified atom stereocenters. The minimum Gasteiger partial charge on any atom is -0.355 e. The number of hydrogen-bond acceptors (Lipinski definition) is 3. The molecule has 0 aliphatic rings. The van der Waals surface area contributed by atoms with Crippen molar-refractivity contribution in [1.29, 1.82) is 0 Å². The molecule has 2 N–H and O–H groups in total. The monoisotopic (exact) mass is 378 g/mol. The fourth-order valence-electron chi connectivity index (χ4n) is 3.32. The van der Waals surface area contributed by atoms with Gasteiger partial charge in [0.2, 0.25) is 0 Å². The summed E-state index contributed by atoms with van der Waals surface area (Å²) in [6, 6.07) is 15.1. The molecule has 0 bridgehead atoms. The molecule has 0 amide bonds. The van der Waals surface area contributed by atoms with Crippen molar-refractivity contribution in [3.05, 3.63) is 60.2 Å². The Labute approximate surface area is 167 Å². The first kappa shape index (κ1) is 19.9. The molecule has 0 aliphatic heterocycles. The van der Waals surface area contributed by atoms with E-state index in [4.69, 9.17) is 4.99 Å². The van der Waals surface area contributed by atoms with E-state index in [1.165, 1.54) is 16.3 Å².